The van der Waals surface area contributed by atoms with Crippen molar-refractivity contribution in [2.24, 2.45) is 0 Å². The summed E-state index contributed by atoms with van der Waals surface area (Å²) < 4.78 is 0. The highest BCUT2D eigenvalue weighted by molar-refractivity contribution is 7.95. The Morgan fingerprint density at radius 2 is 0.727 bits per heavy atom. The van der Waals surface area contributed by atoms with Crippen molar-refractivity contribution in [2.75, 3.05) is 18.3 Å². The summed E-state index contributed by atoms with van der Waals surface area (Å²) in [6.07, 6.45) is 28.3. The van der Waals surface area contributed by atoms with E-state index in [1.165, 1.54) is 108 Å². The topological polar surface area (TPSA) is 0 Å². The number of hydrogen-bond donors (Lipinski definition) is 0. The van der Waals surface area contributed by atoms with Crippen LogP contribution in [0, 0.1) is 0 Å². The van der Waals surface area contributed by atoms with Gasteiger partial charge in [-0.25, -0.2) is 0 Å². The average molecular weight is 443 g/mol. The van der Waals surface area contributed by atoms with Gasteiger partial charge in [0.05, 0.1) is 12.5 Å². The van der Waals surface area contributed by atoms with E-state index in [2.05, 4.69) is 19.4 Å². The van der Waals surface area contributed by atoms with Crippen molar-refractivity contribution in [3.05, 3.63) is 0 Å². The lowest BCUT2D eigenvalue weighted by molar-refractivity contribution is -0.00000483. The minimum Gasteiger partial charge on any atom is -1.00 e. The third-order valence-electron chi connectivity index (χ3n) is 4.41. The Labute approximate surface area is 162 Å². The summed E-state index contributed by atoms with van der Waals surface area (Å²) in [6.45, 7) is 2.30. The van der Waals surface area contributed by atoms with Crippen molar-refractivity contribution in [2.45, 2.75) is 110 Å². The van der Waals surface area contributed by atoms with Gasteiger partial charge in [0.1, 0.15) is 5.75 Å². The molecule has 0 heterocycles. The summed E-state index contributed by atoms with van der Waals surface area (Å²) in [5, 5.41) is 0. The molecule has 0 radical (unpaired) electrons. The molecule has 0 rings (SSSR count). The zero-order valence-electron chi connectivity index (χ0n) is 15.8. The lowest BCUT2D eigenvalue weighted by Gasteiger charge is -2.03. The molecule has 0 N–H and O–H groups in total. The first-order valence-electron chi connectivity index (χ1n) is 9.81. The minimum absolute atomic E-state index is 0. The Balaban J connectivity index is 0. The summed E-state index contributed by atoms with van der Waals surface area (Å²) in [7, 11) is 0.667. The molecule has 0 aromatic rings. The van der Waals surface area contributed by atoms with Crippen molar-refractivity contribution in [3.63, 3.8) is 0 Å². The molecule has 0 aliphatic heterocycles. The Kier molecular flexibility index (Phi) is 25.4. The second-order valence-corrected chi connectivity index (χ2v) is 9.37. The summed E-state index contributed by atoms with van der Waals surface area (Å²) in [5.41, 5.74) is 0. The van der Waals surface area contributed by atoms with E-state index in [-0.39, 0.29) is 24.0 Å². The molecule has 0 aliphatic rings. The fourth-order valence-electron chi connectivity index (χ4n) is 2.94. The van der Waals surface area contributed by atoms with Crippen LogP contribution in [0.2, 0.25) is 0 Å². The minimum atomic E-state index is 0. The SMILES string of the molecule is CCCCCCCCCCCCCCCCCC[S+](C)C.[I-]. The predicted molar refractivity (Wildman–Crippen MR) is 104 cm³/mol. The van der Waals surface area contributed by atoms with Crippen LogP contribution in [0.25, 0.3) is 0 Å². The van der Waals surface area contributed by atoms with E-state index in [0.29, 0.717) is 10.9 Å². The van der Waals surface area contributed by atoms with Crippen molar-refractivity contribution >= 4 is 10.9 Å². The fourth-order valence-corrected chi connectivity index (χ4v) is 3.72. The molecule has 0 fully saturated rings. The first-order valence-corrected chi connectivity index (χ1v) is 12.0. The van der Waals surface area contributed by atoms with Gasteiger partial charge in [0.25, 0.3) is 0 Å². The third-order valence-corrected chi connectivity index (χ3v) is 5.51. The van der Waals surface area contributed by atoms with Gasteiger partial charge < -0.3 is 24.0 Å². The van der Waals surface area contributed by atoms with Crippen molar-refractivity contribution in [1.82, 2.24) is 0 Å². The van der Waals surface area contributed by atoms with Gasteiger partial charge in [0, 0.05) is 0 Å². The number of hydrogen-bond acceptors (Lipinski definition) is 0. The number of rotatable bonds is 17. The van der Waals surface area contributed by atoms with Gasteiger partial charge in [-0.2, -0.15) is 0 Å². The van der Waals surface area contributed by atoms with Crippen LogP contribution in [0.15, 0.2) is 0 Å². The highest BCUT2D eigenvalue weighted by Gasteiger charge is 2.00. The lowest BCUT2D eigenvalue weighted by Crippen LogP contribution is -3.00. The van der Waals surface area contributed by atoms with Crippen LogP contribution < -0.4 is 24.0 Å². The maximum Gasteiger partial charge on any atom is 0.107 e. The van der Waals surface area contributed by atoms with Gasteiger partial charge in [-0.15, -0.1) is 0 Å². The molecule has 136 valence electrons. The van der Waals surface area contributed by atoms with Crippen LogP contribution in [0.1, 0.15) is 110 Å². The molecule has 0 nitrogen and oxygen atoms in total. The van der Waals surface area contributed by atoms with Gasteiger partial charge in [-0.3, -0.25) is 0 Å². The molecule has 0 bridgehead atoms. The normalized spacial score (nSPS) is 10.9. The summed E-state index contributed by atoms with van der Waals surface area (Å²) in [6, 6.07) is 0. The highest BCUT2D eigenvalue weighted by atomic mass is 127. The standard InChI is InChI=1S/C20H43S.HI/c1-4-5-6-7-8-9-10-11-12-13-14-15-16-17-18-19-20-21(2)3;/h4-20H2,1-3H3;1H/q+1;/p-1. The quantitative estimate of drug-likeness (QED) is 0.181. The highest BCUT2D eigenvalue weighted by Crippen LogP contribution is 2.13. The van der Waals surface area contributed by atoms with E-state index in [0.717, 1.165) is 0 Å². The molecule has 0 saturated heterocycles. The van der Waals surface area contributed by atoms with E-state index in [1.807, 2.05) is 0 Å². The summed E-state index contributed by atoms with van der Waals surface area (Å²) >= 11 is 0. The van der Waals surface area contributed by atoms with Crippen LogP contribution in [-0.2, 0) is 10.9 Å². The third kappa shape index (κ3) is 23.3. The van der Waals surface area contributed by atoms with Crippen molar-refractivity contribution in [3.8, 4) is 0 Å². The van der Waals surface area contributed by atoms with Crippen molar-refractivity contribution in [1.29, 1.82) is 0 Å². The fraction of sp³-hybridized carbons (Fsp3) is 1.00. The van der Waals surface area contributed by atoms with Crippen LogP contribution in [-0.4, -0.2) is 18.3 Å². The molecule has 0 spiro atoms. The molecule has 0 saturated carbocycles. The molecule has 22 heavy (non-hydrogen) atoms. The van der Waals surface area contributed by atoms with E-state index in [9.17, 15) is 0 Å². The van der Waals surface area contributed by atoms with Crippen LogP contribution in [0.3, 0.4) is 0 Å². The van der Waals surface area contributed by atoms with Gasteiger partial charge in [0.2, 0.25) is 0 Å². The molecule has 2 heteroatoms. The Bertz CT molecular complexity index is 183. The number of halogens is 1. The predicted octanol–water partition coefficient (Wildman–Crippen LogP) is 4.13. The van der Waals surface area contributed by atoms with Crippen LogP contribution >= 0.6 is 0 Å². The molecule has 0 aliphatic carbocycles. The second kappa shape index (κ2) is 22.1. The molecule has 0 amide bonds. The van der Waals surface area contributed by atoms with E-state index < -0.39 is 0 Å². The van der Waals surface area contributed by atoms with Gasteiger partial charge >= 0.3 is 0 Å². The van der Waals surface area contributed by atoms with Gasteiger partial charge in [-0.1, -0.05) is 96.8 Å². The zero-order chi connectivity index (χ0) is 15.6. The maximum atomic E-state index is 2.37. The molecule has 0 aromatic carbocycles. The van der Waals surface area contributed by atoms with Gasteiger partial charge in [-0.05, 0) is 23.7 Å². The molecular weight excluding hydrogens is 399 g/mol. The Morgan fingerprint density at radius 1 is 0.455 bits per heavy atom. The average Bonchev–Trinajstić information content (AvgIpc) is 2.46. The Morgan fingerprint density at radius 3 is 1.00 bits per heavy atom. The van der Waals surface area contributed by atoms with E-state index >= 15 is 0 Å². The van der Waals surface area contributed by atoms with Crippen LogP contribution in [0.5, 0.6) is 0 Å². The first kappa shape index (κ1) is 25.3. The Hall–Kier alpha value is 1.08. The van der Waals surface area contributed by atoms with Crippen molar-refractivity contribution < 1.29 is 24.0 Å². The second-order valence-electron chi connectivity index (χ2n) is 6.99. The largest absolute Gasteiger partial charge is 1.00 e. The molecule has 0 atom stereocenters. The smallest absolute Gasteiger partial charge is 0.107 e. The molecular formula is C20H43IS. The molecule has 0 aromatic heterocycles. The number of unbranched alkanes of at least 4 members (excludes halogenated alkanes) is 15. The maximum absolute atomic E-state index is 2.37. The first-order chi connectivity index (χ1) is 10.3. The molecule has 0 unspecified atom stereocenters. The van der Waals surface area contributed by atoms with Crippen LogP contribution in [0.4, 0.5) is 0 Å². The van der Waals surface area contributed by atoms with Gasteiger partial charge in [0.15, 0.2) is 0 Å². The summed E-state index contributed by atoms with van der Waals surface area (Å²) in [5.74, 6) is 1.46. The summed E-state index contributed by atoms with van der Waals surface area (Å²) in [4.78, 5) is 0. The van der Waals surface area contributed by atoms with E-state index in [4.69, 9.17) is 0 Å². The lowest BCUT2D eigenvalue weighted by atomic mass is 10.0. The monoisotopic (exact) mass is 442 g/mol. The van der Waals surface area contributed by atoms with E-state index in [1.54, 1.807) is 0 Å². The zero-order valence-corrected chi connectivity index (χ0v) is 18.8.